The third-order valence-electron chi connectivity index (χ3n) is 8.54. The van der Waals surface area contributed by atoms with Gasteiger partial charge >= 0.3 is 0 Å². The maximum atomic E-state index is 3.91. The van der Waals surface area contributed by atoms with E-state index in [0.717, 1.165) is 6.42 Å². The van der Waals surface area contributed by atoms with Crippen LogP contribution in [-0.4, -0.2) is 0 Å². The van der Waals surface area contributed by atoms with Gasteiger partial charge in [0.05, 0.1) is 7.92 Å². The molecule has 0 saturated heterocycles. The van der Waals surface area contributed by atoms with E-state index in [-0.39, 0.29) is 20.4 Å². The summed E-state index contributed by atoms with van der Waals surface area (Å²) in [6, 6.07) is 32.5. The predicted molar refractivity (Wildman–Crippen MR) is 199 cm³/mol. The second-order valence-electron chi connectivity index (χ2n) is 12.4. The fourth-order valence-electron chi connectivity index (χ4n) is 5.92. The van der Waals surface area contributed by atoms with Crippen molar-refractivity contribution in [2.45, 2.75) is 148 Å². The van der Waals surface area contributed by atoms with Crippen molar-refractivity contribution in [3.63, 3.8) is 0 Å². The first-order valence-corrected chi connectivity index (χ1v) is 19.7. The van der Waals surface area contributed by atoms with Gasteiger partial charge in [0.15, 0.2) is 0 Å². The summed E-state index contributed by atoms with van der Waals surface area (Å²) >= 11 is 0. The minimum absolute atomic E-state index is 0. The van der Waals surface area contributed by atoms with Crippen molar-refractivity contribution in [1.82, 2.24) is 0 Å². The summed E-state index contributed by atoms with van der Waals surface area (Å²) in [5, 5.41) is 4.31. The summed E-state index contributed by atoms with van der Waals surface area (Å²) < 4.78 is 0. The van der Waals surface area contributed by atoms with Crippen LogP contribution < -0.4 is 15.9 Å². The van der Waals surface area contributed by atoms with Gasteiger partial charge in [0.1, 0.15) is 15.9 Å². The van der Waals surface area contributed by atoms with Crippen LogP contribution in [0.25, 0.3) is 0 Å². The van der Waals surface area contributed by atoms with Crippen molar-refractivity contribution < 1.29 is 20.4 Å². The molecule has 248 valence electrons. The topological polar surface area (TPSA) is 0 Å². The average molecular weight is 707 g/mol. The van der Waals surface area contributed by atoms with Gasteiger partial charge in [-0.1, -0.05) is 196 Å². The van der Waals surface area contributed by atoms with E-state index < -0.39 is 7.92 Å². The fourth-order valence-corrected chi connectivity index (χ4v) is 8.50. The molecule has 2 heteroatoms. The summed E-state index contributed by atoms with van der Waals surface area (Å²) in [4.78, 5) is 0. The van der Waals surface area contributed by atoms with Crippen molar-refractivity contribution in [3.8, 4) is 0 Å². The van der Waals surface area contributed by atoms with Crippen LogP contribution in [0.1, 0.15) is 148 Å². The molecule has 44 heavy (non-hydrogen) atoms. The minimum Gasteiger partial charge on any atom is -0.343 e. The zero-order valence-electron chi connectivity index (χ0n) is 28.2. The van der Waals surface area contributed by atoms with Gasteiger partial charge in [-0.3, -0.25) is 0 Å². The molecule has 3 aromatic carbocycles. The maximum Gasteiger partial charge on any atom is 0.102 e. The Morgan fingerprint density at radius 2 is 0.591 bits per heavy atom. The Balaban J connectivity index is 0.000000438. The molecule has 0 unspecified atom stereocenters. The minimum atomic E-state index is -0.877. The van der Waals surface area contributed by atoms with Gasteiger partial charge in [-0.15, -0.1) is 0 Å². The van der Waals surface area contributed by atoms with Gasteiger partial charge in [0.25, 0.3) is 0 Å². The smallest absolute Gasteiger partial charge is 0.102 e. The van der Waals surface area contributed by atoms with Crippen LogP contribution >= 0.6 is 7.92 Å². The Hall–Kier alpha value is -1.25. The third kappa shape index (κ3) is 20.7. The quantitative estimate of drug-likeness (QED) is 0.0376. The number of hydrogen-bond acceptors (Lipinski definition) is 0. The molecule has 0 aliphatic carbocycles. The standard InChI is InChI=1S/C24H49.C18H15P.Pd/c1-3-5-7-9-11-13-15-17-19-21-23-24-22-20-18-16-14-12-10-8-6-4-2;1-4-10-16(11-5-1)19(17-12-6-2-7-13-17)18-14-8-3-9-15-18;/h1,3-24H2,2H3;1-15H;/q-1;;/p+1. The summed E-state index contributed by atoms with van der Waals surface area (Å²) in [5.74, 6) is 0. The molecule has 0 N–H and O–H groups in total. The molecule has 0 spiro atoms. The van der Waals surface area contributed by atoms with Crippen LogP contribution in [0.2, 0.25) is 0 Å². The molecule has 0 aromatic heterocycles. The Labute approximate surface area is 289 Å². The Morgan fingerprint density at radius 3 is 0.818 bits per heavy atom. The van der Waals surface area contributed by atoms with E-state index in [0.29, 0.717) is 0 Å². The van der Waals surface area contributed by atoms with Gasteiger partial charge in [-0.25, -0.2) is 0 Å². The van der Waals surface area contributed by atoms with Crippen LogP contribution in [0.5, 0.6) is 0 Å². The van der Waals surface area contributed by atoms with E-state index in [2.05, 4.69) is 105 Å². The van der Waals surface area contributed by atoms with E-state index in [4.69, 9.17) is 0 Å². The maximum absolute atomic E-state index is 3.91. The molecule has 3 aromatic rings. The first-order valence-electron chi connectivity index (χ1n) is 18.2. The number of hydrogen-bond donors (Lipinski definition) is 0. The van der Waals surface area contributed by atoms with Crippen LogP contribution in [0.15, 0.2) is 91.0 Å². The van der Waals surface area contributed by atoms with Gasteiger partial charge in [0.2, 0.25) is 0 Å². The van der Waals surface area contributed by atoms with E-state index >= 15 is 0 Å². The van der Waals surface area contributed by atoms with Crippen LogP contribution in [0.3, 0.4) is 0 Å². The Kier molecular flexibility index (Phi) is 28.2. The summed E-state index contributed by atoms with van der Waals surface area (Å²) in [6.45, 7) is 6.20. The predicted octanol–water partition coefficient (Wildman–Crippen LogP) is 12.6. The van der Waals surface area contributed by atoms with Gasteiger partial charge < -0.3 is 6.92 Å². The molecule has 0 atom stereocenters. The molecule has 0 fully saturated rings. The van der Waals surface area contributed by atoms with Crippen molar-refractivity contribution in [1.29, 1.82) is 0 Å². The second-order valence-corrected chi connectivity index (χ2v) is 14.9. The van der Waals surface area contributed by atoms with Gasteiger partial charge in [0, 0.05) is 20.4 Å². The normalized spacial score (nSPS) is 10.7. The van der Waals surface area contributed by atoms with Crippen molar-refractivity contribution in [2.24, 2.45) is 0 Å². The summed E-state index contributed by atoms with van der Waals surface area (Å²) in [7, 11) is -0.877. The number of unbranched alkanes of at least 4 members (excludes halogenated alkanes) is 21. The largest absolute Gasteiger partial charge is 0.343 e. The van der Waals surface area contributed by atoms with Crippen LogP contribution in [-0.2, 0) is 20.4 Å². The van der Waals surface area contributed by atoms with Crippen LogP contribution in [0.4, 0.5) is 0 Å². The molecular formula is C42H65PPd. The number of benzene rings is 3. The molecule has 0 radical (unpaired) electrons. The molecular weight excluding hydrogens is 642 g/mol. The molecule has 0 aliphatic rings. The molecule has 3 rings (SSSR count). The summed E-state index contributed by atoms with van der Waals surface area (Å²) in [5.41, 5.74) is 0. The van der Waals surface area contributed by atoms with E-state index in [1.54, 1.807) is 0 Å². The Morgan fingerprint density at radius 1 is 0.364 bits per heavy atom. The molecule has 0 amide bonds. The van der Waals surface area contributed by atoms with Crippen LogP contribution in [0, 0.1) is 6.92 Å². The Bertz CT molecular complexity index is 843. The van der Waals surface area contributed by atoms with Crippen molar-refractivity contribution in [2.75, 3.05) is 0 Å². The second kappa shape index (κ2) is 30.4. The molecule has 0 nitrogen and oxygen atoms in total. The SMILES string of the molecule is [CH2-]CCCCCCCCCCCCCCCCCCCCCCC.[Pd].c1ccc([PH+](c2ccccc2)c2ccccc2)cc1. The van der Waals surface area contributed by atoms with E-state index in [1.807, 2.05) is 0 Å². The first kappa shape index (κ1) is 40.8. The zero-order valence-corrected chi connectivity index (χ0v) is 30.8. The van der Waals surface area contributed by atoms with E-state index in [1.165, 1.54) is 151 Å². The summed E-state index contributed by atoms with van der Waals surface area (Å²) in [6.07, 6.45) is 31.8. The third-order valence-corrected chi connectivity index (χ3v) is 11.3. The van der Waals surface area contributed by atoms with E-state index in [9.17, 15) is 0 Å². The fraction of sp³-hybridized carbons (Fsp3) is 0.548. The van der Waals surface area contributed by atoms with Gasteiger partial charge in [-0.05, 0) is 36.4 Å². The number of rotatable bonds is 24. The molecule has 0 bridgehead atoms. The zero-order chi connectivity index (χ0) is 30.5. The molecule has 0 aliphatic heterocycles. The van der Waals surface area contributed by atoms with Crippen molar-refractivity contribution in [3.05, 3.63) is 97.9 Å². The average Bonchev–Trinajstić information content (AvgIpc) is 3.06. The molecule has 0 heterocycles. The van der Waals surface area contributed by atoms with Crippen molar-refractivity contribution >= 4 is 23.8 Å². The van der Waals surface area contributed by atoms with Gasteiger partial charge in [-0.2, -0.15) is 6.42 Å². The molecule has 0 saturated carbocycles. The monoisotopic (exact) mass is 706 g/mol. The first-order chi connectivity index (χ1) is 21.4.